The van der Waals surface area contributed by atoms with Crippen LogP contribution in [0.1, 0.15) is 39.0 Å². The number of hydrogen-bond donors (Lipinski definition) is 2. The fraction of sp³-hybridized carbons (Fsp3) is 0.611. The van der Waals surface area contributed by atoms with E-state index in [-0.39, 0.29) is 12.5 Å². The molecule has 130 valence electrons. The minimum absolute atomic E-state index is 0.0516. The number of methoxy groups -OCH3 is 1. The van der Waals surface area contributed by atoms with Crippen molar-refractivity contribution < 1.29 is 14.3 Å². The van der Waals surface area contributed by atoms with Crippen molar-refractivity contribution in [2.45, 2.75) is 39.0 Å². The first-order valence-electron chi connectivity index (χ1n) is 8.48. The van der Waals surface area contributed by atoms with E-state index in [4.69, 9.17) is 9.47 Å². The summed E-state index contributed by atoms with van der Waals surface area (Å²) in [5.74, 6) is 0.787. The summed E-state index contributed by atoms with van der Waals surface area (Å²) in [5, 5.41) is 5.87. The van der Waals surface area contributed by atoms with E-state index in [0.29, 0.717) is 13.2 Å². The number of anilines is 1. The Bertz CT molecular complexity index is 438. The van der Waals surface area contributed by atoms with Gasteiger partial charge < -0.3 is 20.1 Å². The summed E-state index contributed by atoms with van der Waals surface area (Å²) >= 11 is 0. The van der Waals surface area contributed by atoms with Crippen LogP contribution in [-0.4, -0.2) is 39.3 Å². The van der Waals surface area contributed by atoms with Gasteiger partial charge in [0.05, 0.1) is 19.8 Å². The largest absolute Gasteiger partial charge is 0.494 e. The van der Waals surface area contributed by atoms with E-state index in [1.54, 1.807) is 7.11 Å². The molecule has 0 bridgehead atoms. The summed E-state index contributed by atoms with van der Waals surface area (Å²) in [6.07, 6.45) is 6.13. The Labute approximate surface area is 139 Å². The maximum atomic E-state index is 11.6. The zero-order chi connectivity index (χ0) is 16.8. The standard InChI is InChI=1S/C18H30N2O3/c1-3-4-5-6-7-12-23-17-10-8-9-16(14-17)20-15-18(21)19-11-13-22-2/h8-10,14,20H,3-7,11-13,15H2,1-2H3,(H,19,21). The summed E-state index contributed by atoms with van der Waals surface area (Å²) in [5.41, 5.74) is 0.885. The Morgan fingerprint density at radius 3 is 2.74 bits per heavy atom. The number of hydrogen-bond acceptors (Lipinski definition) is 4. The van der Waals surface area contributed by atoms with Gasteiger partial charge in [-0.1, -0.05) is 38.7 Å². The van der Waals surface area contributed by atoms with E-state index < -0.39 is 0 Å². The first-order valence-corrected chi connectivity index (χ1v) is 8.48. The van der Waals surface area contributed by atoms with Crippen LogP contribution in [0.3, 0.4) is 0 Å². The second-order valence-electron chi connectivity index (χ2n) is 5.49. The van der Waals surface area contributed by atoms with Gasteiger partial charge in [0, 0.05) is 25.4 Å². The minimum Gasteiger partial charge on any atom is -0.494 e. The highest BCUT2D eigenvalue weighted by Gasteiger charge is 2.01. The maximum Gasteiger partial charge on any atom is 0.239 e. The second kappa shape index (κ2) is 12.8. The van der Waals surface area contributed by atoms with Gasteiger partial charge in [0.2, 0.25) is 5.91 Å². The number of nitrogens with one attached hydrogen (secondary N) is 2. The van der Waals surface area contributed by atoms with Crippen LogP contribution < -0.4 is 15.4 Å². The Morgan fingerprint density at radius 2 is 1.96 bits per heavy atom. The first-order chi connectivity index (χ1) is 11.3. The maximum absolute atomic E-state index is 11.6. The predicted molar refractivity (Wildman–Crippen MR) is 94.1 cm³/mol. The highest BCUT2D eigenvalue weighted by molar-refractivity contribution is 5.80. The number of benzene rings is 1. The van der Waals surface area contributed by atoms with Crippen LogP contribution in [0.25, 0.3) is 0 Å². The Hall–Kier alpha value is -1.75. The van der Waals surface area contributed by atoms with Gasteiger partial charge in [0.25, 0.3) is 0 Å². The molecule has 0 spiro atoms. The summed E-state index contributed by atoms with van der Waals surface area (Å²) in [7, 11) is 1.61. The van der Waals surface area contributed by atoms with Crippen LogP contribution in [0, 0.1) is 0 Å². The summed E-state index contributed by atoms with van der Waals surface area (Å²) in [4.78, 5) is 11.6. The summed E-state index contributed by atoms with van der Waals surface area (Å²) < 4.78 is 10.6. The molecule has 0 fully saturated rings. The Balaban J connectivity index is 2.23. The lowest BCUT2D eigenvalue weighted by Crippen LogP contribution is -2.32. The molecule has 0 aromatic heterocycles. The molecule has 0 saturated carbocycles. The third-order valence-corrected chi connectivity index (χ3v) is 3.43. The quantitative estimate of drug-likeness (QED) is 0.548. The summed E-state index contributed by atoms with van der Waals surface area (Å²) in [6, 6.07) is 7.72. The fourth-order valence-electron chi connectivity index (χ4n) is 2.13. The average Bonchev–Trinajstić information content (AvgIpc) is 2.57. The van der Waals surface area contributed by atoms with Crippen LogP contribution in [-0.2, 0) is 9.53 Å². The van der Waals surface area contributed by atoms with Crippen LogP contribution in [0.5, 0.6) is 5.75 Å². The van der Waals surface area contributed by atoms with Crippen molar-refractivity contribution in [3.63, 3.8) is 0 Å². The molecule has 1 aromatic carbocycles. The third kappa shape index (κ3) is 9.79. The lowest BCUT2D eigenvalue weighted by molar-refractivity contribution is -0.119. The van der Waals surface area contributed by atoms with E-state index in [2.05, 4.69) is 17.6 Å². The molecule has 1 amide bonds. The van der Waals surface area contributed by atoms with Crippen molar-refractivity contribution in [2.75, 3.05) is 38.7 Å². The normalized spacial score (nSPS) is 10.3. The van der Waals surface area contributed by atoms with Gasteiger partial charge >= 0.3 is 0 Å². The topological polar surface area (TPSA) is 59.6 Å². The van der Waals surface area contributed by atoms with E-state index in [1.165, 1.54) is 25.7 Å². The number of amides is 1. The highest BCUT2D eigenvalue weighted by atomic mass is 16.5. The number of carbonyl (C=O) groups is 1. The fourth-order valence-corrected chi connectivity index (χ4v) is 2.13. The van der Waals surface area contributed by atoms with E-state index in [0.717, 1.165) is 24.5 Å². The number of unbranched alkanes of at least 4 members (excludes halogenated alkanes) is 4. The van der Waals surface area contributed by atoms with Crippen LogP contribution >= 0.6 is 0 Å². The van der Waals surface area contributed by atoms with Crippen LogP contribution in [0.2, 0.25) is 0 Å². The van der Waals surface area contributed by atoms with Gasteiger partial charge in [-0.25, -0.2) is 0 Å². The molecule has 0 heterocycles. The zero-order valence-corrected chi connectivity index (χ0v) is 14.4. The van der Waals surface area contributed by atoms with Gasteiger partial charge in [0.1, 0.15) is 5.75 Å². The van der Waals surface area contributed by atoms with Gasteiger partial charge in [-0.3, -0.25) is 4.79 Å². The molecule has 0 aliphatic carbocycles. The molecule has 0 aliphatic heterocycles. The monoisotopic (exact) mass is 322 g/mol. The molecule has 0 atom stereocenters. The van der Waals surface area contributed by atoms with E-state index >= 15 is 0 Å². The summed E-state index contributed by atoms with van der Waals surface area (Å²) in [6.45, 7) is 4.24. The van der Waals surface area contributed by atoms with Crippen LogP contribution in [0.4, 0.5) is 5.69 Å². The van der Waals surface area contributed by atoms with Gasteiger partial charge in [-0.05, 0) is 18.6 Å². The first kappa shape index (κ1) is 19.3. The molecular formula is C18H30N2O3. The van der Waals surface area contributed by atoms with Gasteiger partial charge in [-0.2, -0.15) is 0 Å². The third-order valence-electron chi connectivity index (χ3n) is 3.43. The van der Waals surface area contributed by atoms with Crippen molar-refractivity contribution in [1.29, 1.82) is 0 Å². The molecule has 0 aliphatic rings. The number of ether oxygens (including phenoxy) is 2. The van der Waals surface area contributed by atoms with Crippen molar-refractivity contribution in [1.82, 2.24) is 5.32 Å². The van der Waals surface area contributed by atoms with Gasteiger partial charge in [-0.15, -0.1) is 0 Å². The molecule has 1 aromatic rings. The molecule has 0 saturated heterocycles. The van der Waals surface area contributed by atoms with Crippen molar-refractivity contribution in [3.8, 4) is 5.75 Å². The minimum atomic E-state index is -0.0516. The Morgan fingerprint density at radius 1 is 1.13 bits per heavy atom. The molecule has 23 heavy (non-hydrogen) atoms. The highest BCUT2D eigenvalue weighted by Crippen LogP contribution is 2.17. The SMILES string of the molecule is CCCCCCCOc1cccc(NCC(=O)NCCOC)c1. The molecular weight excluding hydrogens is 292 g/mol. The zero-order valence-electron chi connectivity index (χ0n) is 14.4. The molecule has 1 rings (SSSR count). The van der Waals surface area contributed by atoms with E-state index in [9.17, 15) is 4.79 Å². The lowest BCUT2D eigenvalue weighted by Gasteiger charge is -2.10. The van der Waals surface area contributed by atoms with E-state index in [1.807, 2.05) is 24.3 Å². The second-order valence-corrected chi connectivity index (χ2v) is 5.49. The molecule has 0 unspecified atom stereocenters. The van der Waals surface area contributed by atoms with Crippen molar-refractivity contribution in [3.05, 3.63) is 24.3 Å². The van der Waals surface area contributed by atoms with Crippen LogP contribution in [0.15, 0.2) is 24.3 Å². The number of rotatable bonds is 13. The van der Waals surface area contributed by atoms with Gasteiger partial charge in [0.15, 0.2) is 0 Å². The smallest absolute Gasteiger partial charge is 0.239 e. The average molecular weight is 322 g/mol. The lowest BCUT2D eigenvalue weighted by atomic mass is 10.2. The van der Waals surface area contributed by atoms with Crippen molar-refractivity contribution >= 4 is 11.6 Å². The van der Waals surface area contributed by atoms with Crippen molar-refractivity contribution in [2.24, 2.45) is 0 Å². The molecule has 0 radical (unpaired) electrons. The molecule has 5 nitrogen and oxygen atoms in total. The predicted octanol–water partition coefficient (Wildman–Crippen LogP) is 3.21. The molecule has 5 heteroatoms. The molecule has 2 N–H and O–H groups in total. The number of carbonyl (C=O) groups excluding carboxylic acids is 1. The Kier molecular flexibility index (Phi) is 10.7.